The van der Waals surface area contributed by atoms with Crippen LogP contribution in [0.5, 0.6) is 0 Å². The van der Waals surface area contributed by atoms with Gasteiger partial charge in [0.15, 0.2) is 5.96 Å². The van der Waals surface area contributed by atoms with E-state index in [0.717, 1.165) is 23.9 Å². The van der Waals surface area contributed by atoms with Crippen molar-refractivity contribution in [3.8, 4) is 0 Å². The molecule has 0 atom stereocenters. The van der Waals surface area contributed by atoms with E-state index in [1.54, 1.807) is 18.1 Å². The predicted octanol–water partition coefficient (Wildman–Crippen LogP) is 1.73. The number of halogens is 2. The number of carbonyl (C=O) groups excluding carboxylic acids is 1. The summed E-state index contributed by atoms with van der Waals surface area (Å²) in [6.07, 6.45) is 2.38. The molecule has 1 amide bonds. The molecule has 0 radical (unpaired) electrons. The number of benzene rings is 1. The largest absolute Gasteiger partial charge is 0.352 e. The number of aromatic nitrogens is 1. The molecular formula is C19H23F2N5O. The summed E-state index contributed by atoms with van der Waals surface area (Å²) in [5.74, 6) is -0.818. The zero-order valence-electron chi connectivity index (χ0n) is 15.4. The van der Waals surface area contributed by atoms with Gasteiger partial charge in [-0.1, -0.05) is 6.07 Å². The molecular weight excluding hydrogens is 352 g/mol. The van der Waals surface area contributed by atoms with Crippen molar-refractivity contribution in [2.24, 2.45) is 4.99 Å². The fraction of sp³-hybridized carbons (Fsp3) is 0.316. The first-order chi connectivity index (χ1) is 13.0. The molecule has 2 N–H and O–H groups in total. The summed E-state index contributed by atoms with van der Waals surface area (Å²) in [4.78, 5) is 22.0. The Kier molecular flexibility index (Phi) is 7.66. The molecule has 1 aromatic carbocycles. The Morgan fingerprint density at radius 3 is 2.74 bits per heavy atom. The maximum absolute atomic E-state index is 13.6. The fourth-order valence-corrected chi connectivity index (χ4v) is 2.33. The predicted molar refractivity (Wildman–Crippen MR) is 100 cm³/mol. The van der Waals surface area contributed by atoms with Gasteiger partial charge in [0.2, 0.25) is 5.91 Å². The topological polar surface area (TPSA) is 69.6 Å². The Hall–Kier alpha value is -3.03. The van der Waals surface area contributed by atoms with E-state index >= 15 is 0 Å². The summed E-state index contributed by atoms with van der Waals surface area (Å²) in [7, 11) is 3.25. The Morgan fingerprint density at radius 2 is 2.04 bits per heavy atom. The standard InChI is InChI=1S/C19H23F2N5O/c1-22-19(24-12-14-11-15(20)6-7-17(14)21)25-13-18(27)26(2)10-8-16-5-3-4-9-23-16/h3-7,9,11H,8,10,12-13H2,1-2H3,(H2,22,24,25). The van der Waals surface area contributed by atoms with Gasteiger partial charge in [-0.15, -0.1) is 0 Å². The maximum Gasteiger partial charge on any atom is 0.241 e. The van der Waals surface area contributed by atoms with Gasteiger partial charge in [-0.2, -0.15) is 0 Å². The number of nitrogens with zero attached hydrogens (tertiary/aromatic N) is 3. The number of pyridine rings is 1. The van der Waals surface area contributed by atoms with E-state index in [2.05, 4.69) is 20.6 Å². The average molecular weight is 375 g/mol. The number of rotatable bonds is 7. The van der Waals surface area contributed by atoms with E-state index in [1.807, 2.05) is 18.2 Å². The van der Waals surface area contributed by atoms with Crippen molar-refractivity contribution in [1.82, 2.24) is 20.5 Å². The van der Waals surface area contributed by atoms with E-state index in [4.69, 9.17) is 0 Å². The van der Waals surface area contributed by atoms with Crippen LogP contribution >= 0.6 is 0 Å². The molecule has 0 fully saturated rings. The first kappa shape index (κ1) is 20.3. The summed E-state index contributed by atoms with van der Waals surface area (Å²) in [6.45, 7) is 0.620. The van der Waals surface area contributed by atoms with Gasteiger partial charge in [0.05, 0.1) is 6.54 Å². The molecule has 27 heavy (non-hydrogen) atoms. The van der Waals surface area contributed by atoms with Crippen LogP contribution in [0.15, 0.2) is 47.6 Å². The van der Waals surface area contributed by atoms with Gasteiger partial charge >= 0.3 is 0 Å². The van der Waals surface area contributed by atoms with E-state index in [-0.39, 0.29) is 24.6 Å². The van der Waals surface area contributed by atoms with Crippen LogP contribution in [0.4, 0.5) is 8.78 Å². The van der Waals surface area contributed by atoms with Gasteiger partial charge in [0.25, 0.3) is 0 Å². The van der Waals surface area contributed by atoms with Crippen LogP contribution in [0.2, 0.25) is 0 Å². The molecule has 0 unspecified atom stereocenters. The van der Waals surface area contributed by atoms with Gasteiger partial charge in [-0.25, -0.2) is 8.78 Å². The number of guanidine groups is 1. The average Bonchev–Trinajstić information content (AvgIpc) is 2.69. The summed E-state index contributed by atoms with van der Waals surface area (Å²) in [6, 6.07) is 8.91. The minimum Gasteiger partial charge on any atom is -0.352 e. The summed E-state index contributed by atoms with van der Waals surface area (Å²) < 4.78 is 26.8. The van der Waals surface area contributed by atoms with Gasteiger partial charge in [0.1, 0.15) is 11.6 Å². The molecule has 0 saturated heterocycles. The molecule has 0 aliphatic heterocycles. The lowest BCUT2D eigenvalue weighted by atomic mass is 10.2. The molecule has 0 aliphatic rings. The molecule has 8 heteroatoms. The van der Waals surface area contributed by atoms with Crippen molar-refractivity contribution in [3.05, 3.63) is 65.5 Å². The van der Waals surface area contributed by atoms with Gasteiger partial charge in [-0.3, -0.25) is 14.8 Å². The number of hydrogen-bond acceptors (Lipinski definition) is 3. The van der Waals surface area contributed by atoms with E-state index in [9.17, 15) is 13.6 Å². The summed E-state index contributed by atoms with van der Waals surface area (Å²) >= 11 is 0. The van der Waals surface area contributed by atoms with Crippen LogP contribution in [-0.2, 0) is 17.8 Å². The molecule has 2 rings (SSSR count). The minimum absolute atomic E-state index is 0.0318. The monoisotopic (exact) mass is 375 g/mol. The quantitative estimate of drug-likeness (QED) is 0.571. The molecule has 144 valence electrons. The molecule has 0 saturated carbocycles. The second kappa shape index (κ2) is 10.2. The zero-order valence-corrected chi connectivity index (χ0v) is 15.4. The normalized spacial score (nSPS) is 11.2. The number of aliphatic imine (C=N–C) groups is 1. The second-order valence-corrected chi connectivity index (χ2v) is 5.90. The van der Waals surface area contributed by atoms with Crippen LogP contribution in [0.25, 0.3) is 0 Å². The minimum atomic E-state index is -0.513. The van der Waals surface area contributed by atoms with Crippen molar-refractivity contribution < 1.29 is 13.6 Å². The number of hydrogen-bond donors (Lipinski definition) is 2. The number of carbonyl (C=O) groups is 1. The molecule has 0 bridgehead atoms. The Balaban J connectivity index is 1.77. The van der Waals surface area contributed by atoms with Crippen molar-refractivity contribution in [2.45, 2.75) is 13.0 Å². The molecule has 1 aromatic heterocycles. The molecule has 0 aliphatic carbocycles. The van der Waals surface area contributed by atoms with Gasteiger partial charge in [-0.05, 0) is 30.3 Å². The van der Waals surface area contributed by atoms with Gasteiger partial charge < -0.3 is 15.5 Å². The lowest BCUT2D eigenvalue weighted by Crippen LogP contribution is -2.43. The van der Waals surface area contributed by atoms with Crippen LogP contribution in [0.3, 0.4) is 0 Å². The van der Waals surface area contributed by atoms with Crippen LogP contribution in [-0.4, -0.2) is 48.9 Å². The zero-order chi connectivity index (χ0) is 19.6. The summed E-state index contributed by atoms with van der Waals surface area (Å²) in [5.41, 5.74) is 1.09. The molecule has 2 aromatic rings. The SMILES string of the molecule is CN=C(NCC(=O)N(C)CCc1ccccn1)NCc1cc(F)ccc1F. The van der Waals surface area contributed by atoms with E-state index in [0.29, 0.717) is 18.9 Å². The Bertz CT molecular complexity index is 783. The molecule has 6 nitrogen and oxygen atoms in total. The van der Waals surface area contributed by atoms with Crippen LogP contribution in [0.1, 0.15) is 11.3 Å². The van der Waals surface area contributed by atoms with Gasteiger partial charge in [0, 0.05) is 51.1 Å². The highest BCUT2D eigenvalue weighted by molar-refractivity contribution is 5.86. The highest BCUT2D eigenvalue weighted by atomic mass is 19.1. The van der Waals surface area contributed by atoms with E-state index in [1.165, 1.54) is 7.05 Å². The second-order valence-electron chi connectivity index (χ2n) is 5.90. The maximum atomic E-state index is 13.6. The highest BCUT2D eigenvalue weighted by Crippen LogP contribution is 2.09. The summed E-state index contributed by atoms with van der Waals surface area (Å²) in [5, 5.41) is 5.73. The van der Waals surface area contributed by atoms with Crippen molar-refractivity contribution in [3.63, 3.8) is 0 Å². The first-order valence-corrected chi connectivity index (χ1v) is 8.52. The fourth-order valence-electron chi connectivity index (χ4n) is 2.33. The number of nitrogens with one attached hydrogen (secondary N) is 2. The van der Waals surface area contributed by atoms with Crippen molar-refractivity contribution in [1.29, 1.82) is 0 Å². The smallest absolute Gasteiger partial charge is 0.241 e. The third-order valence-electron chi connectivity index (χ3n) is 3.94. The number of amides is 1. The lowest BCUT2D eigenvalue weighted by molar-refractivity contribution is -0.128. The molecule has 0 spiro atoms. The first-order valence-electron chi connectivity index (χ1n) is 8.52. The third kappa shape index (κ3) is 6.65. The van der Waals surface area contributed by atoms with Crippen molar-refractivity contribution in [2.75, 3.05) is 27.2 Å². The lowest BCUT2D eigenvalue weighted by Gasteiger charge is -2.18. The van der Waals surface area contributed by atoms with Crippen LogP contribution in [0, 0.1) is 11.6 Å². The third-order valence-corrected chi connectivity index (χ3v) is 3.94. The molecule has 1 heterocycles. The van der Waals surface area contributed by atoms with Crippen LogP contribution < -0.4 is 10.6 Å². The number of likely N-dealkylation sites (N-methyl/N-ethyl adjacent to an activating group) is 1. The van der Waals surface area contributed by atoms with E-state index < -0.39 is 11.6 Å². The Morgan fingerprint density at radius 1 is 1.22 bits per heavy atom. The highest BCUT2D eigenvalue weighted by Gasteiger charge is 2.10. The Labute approximate surface area is 157 Å². The van der Waals surface area contributed by atoms with Crippen molar-refractivity contribution >= 4 is 11.9 Å².